The van der Waals surface area contributed by atoms with E-state index in [-0.39, 0.29) is 11.5 Å². The Hall–Kier alpha value is -2.56. The zero-order chi connectivity index (χ0) is 16.5. The van der Waals surface area contributed by atoms with Crippen molar-refractivity contribution in [2.75, 3.05) is 19.6 Å². The number of nitrogens with zero attached hydrogens (tertiary/aromatic N) is 2. The Kier molecular flexibility index (Phi) is 3.84. The number of nitrogens with one attached hydrogen (secondary N) is 1. The third-order valence-electron chi connectivity index (χ3n) is 4.93. The van der Waals surface area contributed by atoms with Crippen LogP contribution >= 0.6 is 0 Å². The number of carbonyl (C=O) groups excluding carboxylic acids is 1. The first-order chi connectivity index (χ1) is 11.7. The zero-order valence-corrected chi connectivity index (χ0v) is 13.6. The average molecular weight is 323 g/mol. The van der Waals surface area contributed by atoms with Crippen molar-refractivity contribution in [2.45, 2.75) is 25.8 Å². The molecular formula is C19H21N3O2. The van der Waals surface area contributed by atoms with Gasteiger partial charge in [-0.05, 0) is 42.5 Å². The van der Waals surface area contributed by atoms with Crippen molar-refractivity contribution in [3.8, 4) is 0 Å². The molecule has 1 aromatic carbocycles. The molecule has 0 unspecified atom stereocenters. The molecule has 0 fully saturated rings. The zero-order valence-electron chi connectivity index (χ0n) is 13.6. The summed E-state index contributed by atoms with van der Waals surface area (Å²) >= 11 is 0. The van der Waals surface area contributed by atoms with Crippen LogP contribution in [0.1, 0.15) is 24.1 Å². The summed E-state index contributed by atoms with van der Waals surface area (Å²) in [5.74, 6) is 0.126. The minimum absolute atomic E-state index is 0.0717. The molecule has 5 nitrogen and oxygen atoms in total. The van der Waals surface area contributed by atoms with Gasteiger partial charge < -0.3 is 14.8 Å². The topological polar surface area (TPSA) is 56.4 Å². The highest BCUT2D eigenvalue weighted by atomic mass is 16.2. The van der Waals surface area contributed by atoms with Gasteiger partial charge in [0.2, 0.25) is 5.91 Å². The van der Waals surface area contributed by atoms with E-state index >= 15 is 0 Å². The first kappa shape index (κ1) is 15.0. The molecule has 0 spiro atoms. The molecule has 0 saturated heterocycles. The van der Waals surface area contributed by atoms with Gasteiger partial charge >= 0.3 is 0 Å². The number of hydrogen-bond acceptors (Lipinski definition) is 3. The Morgan fingerprint density at radius 1 is 1.17 bits per heavy atom. The number of aromatic nitrogens is 1. The van der Waals surface area contributed by atoms with Crippen molar-refractivity contribution >= 4 is 16.7 Å². The highest BCUT2D eigenvalue weighted by Crippen LogP contribution is 2.24. The van der Waals surface area contributed by atoms with Gasteiger partial charge in [-0.3, -0.25) is 9.59 Å². The Balaban J connectivity index is 1.57. The predicted molar refractivity (Wildman–Crippen MR) is 93.6 cm³/mol. The second-order valence-corrected chi connectivity index (χ2v) is 6.52. The maximum atomic E-state index is 12.6. The van der Waals surface area contributed by atoms with Crippen LogP contribution in [-0.4, -0.2) is 40.3 Å². The van der Waals surface area contributed by atoms with E-state index in [1.807, 2.05) is 35.4 Å². The first-order valence-electron chi connectivity index (χ1n) is 8.53. The van der Waals surface area contributed by atoms with Crippen molar-refractivity contribution in [3.63, 3.8) is 0 Å². The van der Waals surface area contributed by atoms with E-state index in [4.69, 9.17) is 0 Å². The molecule has 1 amide bonds. The number of amides is 1. The van der Waals surface area contributed by atoms with Crippen LogP contribution in [0.2, 0.25) is 0 Å². The lowest BCUT2D eigenvalue weighted by Crippen LogP contribution is -2.42. The van der Waals surface area contributed by atoms with Crippen molar-refractivity contribution in [3.05, 3.63) is 58.2 Å². The van der Waals surface area contributed by atoms with Gasteiger partial charge in [0, 0.05) is 24.2 Å². The molecule has 24 heavy (non-hydrogen) atoms. The molecule has 0 bridgehead atoms. The molecule has 0 saturated carbocycles. The summed E-state index contributed by atoms with van der Waals surface area (Å²) in [5, 5.41) is 1.75. The van der Waals surface area contributed by atoms with Gasteiger partial charge in [-0.15, -0.1) is 0 Å². The van der Waals surface area contributed by atoms with Crippen LogP contribution in [0.3, 0.4) is 0 Å². The maximum Gasteiger partial charge on any atom is 0.256 e. The highest BCUT2D eigenvalue weighted by molar-refractivity contribution is 5.86. The normalized spacial score (nSPS) is 17.2. The Bertz CT molecular complexity index is 869. The van der Waals surface area contributed by atoms with Crippen LogP contribution in [0.25, 0.3) is 10.8 Å². The quantitative estimate of drug-likeness (QED) is 0.920. The lowest BCUT2D eigenvalue weighted by atomic mass is 9.98. The number of rotatable bonds is 2. The lowest BCUT2D eigenvalue weighted by Gasteiger charge is -2.32. The molecule has 0 atom stereocenters. The van der Waals surface area contributed by atoms with E-state index in [0.29, 0.717) is 19.6 Å². The monoisotopic (exact) mass is 323 g/mol. The summed E-state index contributed by atoms with van der Waals surface area (Å²) in [6, 6.07) is 7.70. The van der Waals surface area contributed by atoms with Crippen molar-refractivity contribution in [2.24, 2.45) is 0 Å². The van der Waals surface area contributed by atoms with Gasteiger partial charge in [0.25, 0.3) is 5.56 Å². The number of fused-ring (bicyclic) bond motifs is 3. The van der Waals surface area contributed by atoms with Crippen LogP contribution in [-0.2, 0) is 17.8 Å². The van der Waals surface area contributed by atoms with Crippen LogP contribution in [0.15, 0.2) is 41.3 Å². The van der Waals surface area contributed by atoms with Gasteiger partial charge in [0.05, 0.1) is 13.1 Å². The summed E-state index contributed by atoms with van der Waals surface area (Å²) in [4.78, 5) is 31.8. The molecule has 2 aliphatic heterocycles. The molecule has 5 heteroatoms. The largest absolute Gasteiger partial charge is 0.368 e. The highest BCUT2D eigenvalue weighted by Gasteiger charge is 2.24. The van der Waals surface area contributed by atoms with Gasteiger partial charge in [0.1, 0.15) is 0 Å². The molecule has 3 heterocycles. The molecule has 4 rings (SSSR count). The number of hydrogen-bond donors (Lipinski definition) is 1. The maximum absolute atomic E-state index is 12.6. The number of H-pyrrole nitrogens is 1. The van der Waals surface area contributed by atoms with E-state index < -0.39 is 0 Å². The van der Waals surface area contributed by atoms with Crippen molar-refractivity contribution < 1.29 is 4.79 Å². The lowest BCUT2D eigenvalue weighted by molar-refractivity contribution is -0.132. The minimum Gasteiger partial charge on any atom is -0.368 e. The van der Waals surface area contributed by atoms with Crippen LogP contribution in [0.5, 0.6) is 0 Å². The third-order valence-corrected chi connectivity index (χ3v) is 4.93. The summed E-state index contributed by atoms with van der Waals surface area (Å²) in [6.07, 6.45) is 7.12. The average Bonchev–Trinajstić information content (AvgIpc) is 2.62. The summed E-state index contributed by atoms with van der Waals surface area (Å²) in [7, 11) is 0. The summed E-state index contributed by atoms with van der Waals surface area (Å²) in [6.45, 7) is 2.56. The van der Waals surface area contributed by atoms with Crippen molar-refractivity contribution in [1.29, 1.82) is 0 Å². The Labute approximate surface area is 140 Å². The standard InChI is InChI=1S/C19H21N3O2/c23-18(13-21-9-4-1-5-10-21)22-11-8-15-14-6-2-3-7-16(14)19(24)20-17(15)12-22/h2-4,6-7,9H,1,5,8,10-13H2,(H,20,24). The minimum atomic E-state index is -0.0717. The molecule has 0 radical (unpaired) electrons. The Morgan fingerprint density at radius 2 is 2.00 bits per heavy atom. The smallest absolute Gasteiger partial charge is 0.256 e. The van der Waals surface area contributed by atoms with E-state index in [1.165, 1.54) is 5.56 Å². The van der Waals surface area contributed by atoms with Crippen LogP contribution < -0.4 is 5.56 Å². The van der Waals surface area contributed by atoms with E-state index in [1.54, 1.807) is 0 Å². The number of aromatic amines is 1. The SMILES string of the molecule is O=C(CN1C=CCCC1)N1CCc2c([nH]c(=O)c3ccccc23)C1. The van der Waals surface area contributed by atoms with Gasteiger partial charge in [-0.25, -0.2) is 0 Å². The molecule has 2 aromatic rings. The van der Waals surface area contributed by atoms with E-state index in [2.05, 4.69) is 16.0 Å². The van der Waals surface area contributed by atoms with Gasteiger partial charge in [-0.2, -0.15) is 0 Å². The Morgan fingerprint density at radius 3 is 2.79 bits per heavy atom. The second-order valence-electron chi connectivity index (χ2n) is 6.52. The number of carbonyl (C=O) groups is 1. The van der Waals surface area contributed by atoms with Gasteiger partial charge in [0.15, 0.2) is 0 Å². The molecule has 1 N–H and O–H groups in total. The van der Waals surface area contributed by atoms with E-state index in [0.717, 1.165) is 42.3 Å². The fraction of sp³-hybridized carbons (Fsp3) is 0.368. The second kappa shape index (κ2) is 6.15. The molecule has 1 aromatic heterocycles. The molecule has 0 aliphatic carbocycles. The van der Waals surface area contributed by atoms with E-state index in [9.17, 15) is 9.59 Å². The van der Waals surface area contributed by atoms with Crippen LogP contribution in [0.4, 0.5) is 0 Å². The first-order valence-corrected chi connectivity index (χ1v) is 8.53. The molecule has 2 aliphatic rings. The fourth-order valence-corrected chi connectivity index (χ4v) is 3.65. The summed E-state index contributed by atoms with van der Waals surface area (Å²) < 4.78 is 0. The number of pyridine rings is 1. The number of benzene rings is 1. The van der Waals surface area contributed by atoms with Gasteiger partial charge in [-0.1, -0.05) is 24.3 Å². The third kappa shape index (κ3) is 2.70. The molecular weight excluding hydrogens is 302 g/mol. The summed E-state index contributed by atoms with van der Waals surface area (Å²) in [5.41, 5.74) is 1.98. The van der Waals surface area contributed by atoms with Crippen LogP contribution in [0, 0.1) is 0 Å². The number of allylic oxidation sites excluding steroid dienone is 1. The fourth-order valence-electron chi connectivity index (χ4n) is 3.65. The molecule has 124 valence electrons. The van der Waals surface area contributed by atoms with Crippen molar-refractivity contribution in [1.82, 2.24) is 14.8 Å². The predicted octanol–water partition coefficient (Wildman–Crippen LogP) is 2.02.